The van der Waals surface area contributed by atoms with Crippen molar-refractivity contribution < 1.29 is 24.5 Å². The lowest BCUT2D eigenvalue weighted by Gasteiger charge is -2.20. The van der Waals surface area contributed by atoms with Crippen LogP contribution in [-0.2, 0) is 14.3 Å². The van der Waals surface area contributed by atoms with E-state index >= 15 is 0 Å². The highest BCUT2D eigenvalue weighted by Gasteiger charge is 2.18. The standard InChI is InChI=1S/C59H113NO5/c1-3-5-7-9-11-13-15-17-19-21-24-27-31-35-39-43-47-51-57(62)56(55-61)60-58(63)52-48-44-40-36-32-28-25-22-20-23-26-30-34-38-42-46-50-54-65-59(64)53-49-45-41-37-33-29-18-16-14-12-10-8-6-4-2/h16,18,47,51,56-57,61-62H,3-15,17,19-46,48-50,52-55H2,1-2H3,(H,60,63)/b18-16-,51-47+. The summed E-state index contributed by atoms with van der Waals surface area (Å²) in [6, 6.07) is -0.632. The van der Waals surface area contributed by atoms with Gasteiger partial charge in [-0.05, 0) is 57.8 Å². The van der Waals surface area contributed by atoms with E-state index < -0.39 is 12.1 Å². The molecule has 65 heavy (non-hydrogen) atoms. The van der Waals surface area contributed by atoms with Crippen LogP contribution in [-0.4, -0.2) is 47.4 Å². The van der Waals surface area contributed by atoms with Gasteiger partial charge < -0.3 is 20.3 Å². The summed E-state index contributed by atoms with van der Waals surface area (Å²) < 4.78 is 5.47. The van der Waals surface area contributed by atoms with Gasteiger partial charge in [-0.3, -0.25) is 9.59 Å². The number of carbonyl (C=O) groups excluding carboxylic acids is 2. The molecular weight excluding hydrogens is 803 g/mol. The zero-order valence-electron chi connectivity index (χ0n) is 43.7. The number of hydrogen-bond donors (Lipinski definition) is 3. The van der Waals surface area contributed by atoms with Crippen LogP contribution in [0, 0.1) is 0 Å². The summed E-state index contributed by atoms with van der Waals surface area (Å²) >= 11 is 0. The van der Waals surface area contributed by atoms with Crippen LogP contribution >= 0.6 is 0 Å². The second kappa shape index (κ2) is 54.9. The van der Waals surface area contributed by atoms with E-state index in [1.54, 1.807) is 6.08 Å². The minimum Gasteiger partial charge on any atom is -0.466 e. The first-order valence-electron chi connectivity index (χ1n) is 29.1. The predicted octanol–water partition coefficient (Wildman–Crippen LogP) is 17.9. The number of carbonyl (C=O) groups is 2. The van der Waals surface area contributed by atoms with Gasteiger partial charge in [-0.25, -0.2) is 0 Å². The molecule has 1 amide bonds. The number of amides is 1. The molecule has 0 aromatic rings. The van der Waals surface area contributed by atoms with Crippen LogP contribution in [0.1, 0.15) is 316 Å². The molecule has 3 N–H and O–H groups in total. The summed E-state index contributed by atoms with van der Waals surface area (Å²) in [6.07, 6.45) is 66.2. The zero-order chi connectivity index (χ0) is 47.2. The number of aliphatic hydroxyl groups excluding tert-OH is 2. The topological polar surface area (TPSA) is 95.9 Å². The van der Waals surface area contributed by atoms with Crippen molar-refractivity contribution in [2.24, 2.45) is 0 Å². The van der Waals surface area contributed by atoms with Crippen LogP contribution < -0.4 is 5.32 Å². The average Bonchev–Trinajstić information content (AvgIpc) is 3.31. The lowest BCUT2D eigenvalue weighted by molar-refractivity contribution is -0.143. The first-order chi connectivity index (χ1) is 32.0. The molecule has 0 radical (unpaired) electrons. The van der Waals surface area contributed by atoms with Crippen molar-refractivity contribution >= 4 is 11.9 Å². The molecule has 0 bridgehead atoms. The van der Waals surface area contributed by atoms with E-state index in [0.717, 1.165) is 44.9 Å². The molecule has 0 aliphatic heterocycles. The fourth-order valence-electron chi connectivity index (χ4n) is 8.98. The molecule has 0 aliphatic carbocycles. The third-order valence-corrected chi connectivity index (χ3v) is 13.5. The highest BCUT2D eigenvalue weighted by molar-refractivity contribution is 5.76. The normalized spacial score (nSPS) is 12.7. The van der Waals surface area contributed by atoms with Gasteiger partial charge in [0.1, 0.15) is 0 Å². The van der Waals surface area contributed by atoms with Gasteiger partial charge in [-0.1, -0.05) is 269 Å². The molecule has 384 valence electrons. The van der Waals surface area contributed by atoms with Crippen molar-refractivity contribution in [3.05, 3.63) is 24.3 Å². The Bertz CT molecular complexity index is 1010. The summed E-state index contributed by atoms with van der Waals surface area (Å²) in [5, 5.41) is 23.1. The van der Waals surface area contributed by atoms with Crippen LogP contribution in [0.3, 0.4) is 0 Å². The van der Waals surface area contributed by atoms with Crippen molar-refractivity contribution in [1.29, 1.82) is 0 Å². The molecule has 6 heteroatoms. The predicted molar refractivity (Wildman–Crippen MR) is 283 cm³/mol. The fraction of sp³-hybridized carbons (Fsp3) is 0.898. The van der Waals surface area contributed by atoms with E-state index in [-0.39, 0.29) is 18.5 Å². The van der Waals surface area contributed by atoms with Gasteiger partial charge in [0.05, 0.1) is 25.4 Å². The lowest BCUT2D eigenvalue weighted by Crippen LogP contribution is -2.45. The molecule has 0 saturated heterocycles. The van der Waals surface area contributed by atoms with Crippen molar-refractivity contribution in [1.82, 2.24) is 5.32 Å². The molecule has 0 heterocycles. The number of unbranched alkanes of at least 4 members (excludes halogenated alkanes) is 41. The minimum absolute atomic E-state index is 0.00386. The molecule has 0 saturated carbocycles. The molecule has 6 nitrogen and oxygen atoms in total. The second-order valence-electron chi connectivity index (χ2n) is 20.0. The Morgan fingerprint density at radius 2 is 0.723 bits per heavy atom. The molecule has 0 fully saturated rings. The number of aliphatic hydroxyl groups is 2. The van der Waals surface area contributed by atoms with E-state index in [4.69, 9.17) is 4.74 Å². The Balaban J connectivity index is 3.45. The van der Waals surface area contributed by atoms with Gasteiger partial charge in [0.2, 0.25) is 5.91 Å². The monoisotopic (exact) mass is 916 g/mol. The van der Waals surface area contributed by atoms with Gasteiger partial charge in [0.15, 0.2) is 0 Å². The van der Waals surface area contributed by atoms with Crippen molar-refractivity contribution in [2.75, 3.05) is 13.2 Å². The third kappa shape index (κ3) is 51.6. The highest BCUT2D eigenvalue weighted by Crippen LogP contribution is 2.17. The van der Waals surface area contributed by atoms with E-state index in [2.05, 4.69) is 31.3 Å². The van der Waals surface area contributed by atoms with E-state index in [1.807, 2.05) is 6.08 Å². The van der Waals surface area contributed by atoms with Crippen molar-refractivity contribution in [2.45, 2.75) is 328 Å². The van der Waals surface area contributed by atoms with Crippen molar-refractivity contribution in [3.8, 4) is 0 Å². The second-order valence-corrected chi connectivity index (χ2v) is 20.0. The summed E-state index contributed by atoms with van der Waals surface area (Å²) in [5.74, 6) is -0.0755. The number of esters is 1. The maximum absolute atomic E-state index is 12.5. The summed E-state index contributed by atoms with van der Waals surface area (Å²) in [6.45, 7) is 4.89. The number of ether oxygens (including phenoxy) is 1. The van der Waals surface area contributed by atoms with Crippen LogP contribution in [0.15, 0.2) is 24.3 Å². The van der Waals surface area contributed by atoms with E-state index in [9.17, 15) is 19.8 Å². The van der Waals surface area contributed by atoms with Gasteiger partial charge in [-0.2, -0.15) is 0 Å². The van der Waals surface area contributed by atoms with Gasteiger partial charge >= 0.3 is 5.97 Å². The molecular formula is C59H113NO5. The van der Waals surface area contributed by atoms with Gasteiger partial charge in [0.25, 0.3) is 0 Å². The smallest absolute Gasteiger partial charge is 0.305 e. The number of rotatable bonds is 54. The quantitative estimate of drug-likeness (QED) is 0.0321. The first-order valence-corrected chi connectivity index (χ1v) is 29.1. The van der Waals surface area contributed by atoms with E-state index in [1.165, 1.54) is 244 Å². The van der Waals surface area contributed by atoms with Gasteiger partial charge in [-0.15, -0.1) is 0 Å². The molecule has 2 atom stereocenters. The number of nitrogens with one attached hydrogen (secondary N) is 1. The molecule has 0 aromatic carbocycles. The third-order valence-electron chi connectivity index (χ3n) is 13.5. The largest absolute Gasteiger partial charge is 0.466 e. The molecule has 0 rings (SSSR count). The van der Waals surface area contributed by atoms with Crippen LogP contribution in [0.4, 0.5) is 0 Å². The molecule has 0 aliphatic rings. The Morgan fingerprint density at radius 1 is 0.415 bits per heavy atom. The minimum atomic E-state index is -0.848. The summed E-state index contributed by atoms with van der Waals surface area (Å²) in [7, 11) is 0. The van der Waals surface area contributed by atoms with Crippen molar-refractivity contribution in [3.63, 3.8) is 0 Å². The van der Waals surface area contributed by atoms with Crippen LogP contribution in [0.2, 0.25) is 0 Å². The van der Waals surface area contributed by atoms with Crippen LogP contribution in [0.25, 0.3) is 0 Å². The number of hydrogen-bond acceptors (Lipinski definition) is 5. The van der Waals surface area contributed by atoms with Gasteiger partial charge in [0, 0.05) is 12.8 Å². The number of allylic oxidation sites excluding steroid dienone is 3. The molecule has 0 aromatic heterocycles. The first kappa shape index (κ1) is 63.3. The Labute approximate surface area is 405 Å². The lowest BCUT2D eigenvalue weighted by atomic mass is 10.0. The highest BCUT2D eigenvalue weighted by atomic mass is 16.5. The summed E-state index contributed by atoms with van der Waals surface area (Å²) in [4.78, 5) is 24.5. The Hall–Kier alpha value is -1.66. The maximum atomic E-state index is 12.5. The SMILES string of the molecule is CCCCCCC/C=C\CCCCCCCC(=O)OCCCCCCCCCCCCCCCCCCCC(=O)NC(CO)C(O)/C=C/CCCCCCCCCCCCCCCCC. The van der Waals surface area contributed by atoms with E-state index in [0.29, 0.717) is 19.4 Å². The molecule has 0 spiro atoms. The fourth-order valence-corrected chi connectivity index (χ4v) is 8.98. The zero-order valence-corrected chi connectivity index (χ0v) is 43.7. The average molecular weight is 917 g/mol. The summed E-state index contributed by atoms with van der Waals surface area (Å²) in [5.41, 5.74) is 0. The Morgan fingerprint density at radius 3 is 1.09 bits per heavy atom. The maximum Gasteiger partial charge on any atom is 0.305 e. The molecule has 2 unspecified atom stereocenters. The Kier molecular flexibility index (Phi) is 53.5. The van der Waals surface area contributed by atoms with Crippen LogP contribution in [0.5, 0.6) is 0 Å².